The topological polar surface area (TPSA) is 64.1 Å². The summed E-state index contributed by atoms with van der Waals surface area (Å²) in [4.78, 5) is 4.24. The number of nitrogens with two attached hydrogens (primary N) is 1. The number of hydrogen-bond acceptors (Lipinski definition) is 3. The summed E-state index contributed by atoms with van der Waals surface area (Å²) in [6.45, 7) is 0.694. The van der Waals surface area contributed by atoms with Crippen LogP contribution in [-0.2, 0) is 19.1 Å². The molecule has 0 amide bonds. The summed E-state index contributed by atoms with van der Waals surface area (Å²) < 4.78 is 39.8. The molecule has 0 saturated carbocycles. The Morgan fingerprint density at radius 1 is 1.30 bits per heavy atom. The van der Waals surface area contributed by atoms with Crippen LogP contribution in [0.5, 0.6) is 0 Å². The van der Waals surface area contributed by atoms with Crippen molar-refractivity contribution < 1.29 is 18.3 Å². The molecule has 0 aliphatic heterocycles. The molecule has 20 heavy (non-hydrogen) atoms. The molecule has 0 radical (unpaired) electrons. The second-order valence-electron chi connectivity index (χ2n) is 4.50. The van der Waals surface area contributed by atoms with Crippen LogP contribution >= 0.6 is 0 Å². The normalized spacial score (nSPS) is 12.2. The van der Waals surface area contributed by atoms with E-state index in [9.17, 15) is 13.2 Å². The predicted octanol–water partition coefficient (Wildman–Crippen LogP) is 1.94. The van der Waals surface area contributed by atoms with Crippen molar-refractivity contribution in [2.75, 3.05) is 13.2 Å². The van der Waals surface area contributed by atoms with Crippen LogP contribution in [0, 0.1) is 0 Å². The first-order chi connectivity index (χ1) is 9.47. The highest BCUT2D eigenvalue weighted by Crippen LogP contribution is 2.31. The van der Waals surface area contributed by atoms with Crippen molar-refractivity contribution in [3.8, 4) is 0 Å². The van der Waals surface area contributed by atoms with Crippen LogP contribution in [0.15, 0.2) is 18.2 Å². The molecule has 1 aromatic heterocycles. The van der Waals surface area contributed by atoms with E-state index in [1.165, 1.54) is 6.07 Å². The van der Waals surface area contributed by atoms with E-state index in [2.05, 4.69) is 4.98 Å². The minimum atomic E-state index is -4.38. The zero-order valence-electron chi connectivity index (χ0n) is 10.8. The van der Waals surface area contributed by atoms with Gasteiger partial charge in [-0.1, -0.05) is 0 Å². The van der Waals surface area contributed by atoms with E-state index < -0.39 is 11.7 Å². The Morgan fingerprint density at radius 3 is 2.65 bits per heavy atom. The molecular weight excluding hydrogens is 271 g/mol. The lowest BCUT2D eigenvalue weighted by molar-refractivity contribution is -0.137. The number of nitrogens with zero attached hydrogens (tertiary/aromatic N) is 2. The Hall–Kier alpha value is -1.60. The molecular formula is C13H16F3N3O. The summed E-state index contributed by atoms with van der Waals surface area (Å²) in [5.41, 5.74) is 5.61. The van der Waals surface area contributed by atoms with Gasteiger partial charge in [0.15, 0.2) is 0 Å². The average molecular weight is 287 g/mol. The molecule has 0 spiro atoms. The maximum absolute atomic E-state index is 12.7. The fraction of sp³-hybridized carbons (Fsp3) is 0.462. The van der Waals surface area contributed by atoms with Crippen molar-refractivity contribution in [3.05, 3.63) is 29.6 Å². The summed E-state index contributed by atoms with van der Waals surface area (Å²) in [6, 6.07) is 3.46. The van der Waals surface area contributed by atoms with Crippen molar-refractivity contribution in [2.24, 2.45) is 5.73 Å². The van der Waals surface area contributed by atoms with Gasteiger partial charge in [0.1, 0.15) is 5.82 Å². The molecule has 1 heterocycles. The molecule has 0 atom stereocenters. The quantitative estimate of drug-likeness (QED) is 0.883. The Kier molecular flexibility index (Phi) is 4.29. The van der Waals surface area contributed by atoms with Crippen molar-refractivity contribution in [1.82, 2.24) is 9.55 Å². The molecule has 1 aromatic carbocycles. The molecule has 7 heteroatoms. The van der Waals surface area contributed by atoms with Gasteiger partial charge in [-0.05, 0) is 31.2 Å². The van der Waals surface area contributed by atoms with E-state index in [1.54, 1.807) is 4.57 Å². The lowest BCUT2D eigenvalue weighted by Gasteiger charge is -2.08. The third-order valence-electron chi connectivity index (χ3n) is 3.08. The van der Waals surface area contributed by atoms with Crippen LogP contribution in [-0.4, -0.2) is 27.8 Å². The van der Waals surface area contributed by atoms with Crippen molar-refractivity contribution in [1.29, 1.82) is 0 Å². The van der Waals surface area contributed by atoms with Crippen molar-refractivity contribution in [2.45, 2.75) is 25.6 Å². The number of rotatable bonds is 5. The highest BCUT2D eigenvalue weighted by Gasteiger charge is 2.31. The summed E-state index contributed by atoms with van der Waals surface area (Å²) in [7, 11) is 0. The molecule has 0 saturated heterocycles. The van der Waals surface area contributed by atoms with Gasteiger partial charge in [-0.3, -0.25) is 0 Å². The average Bonchev–Trinajstić information content (AvgIpc) is 2.73. The standard InChI is InChI=1S/C13H16F3N3O/c14-13(15,16)9-3-4-11-10(8-9)18-12(2-1-5-17)19(11)6-7-20/h3-4,8,20H,1-2,5-7,17H2. The molecule has 4 nitrogen and oxygen atoms in total. The number of aryl methyl sites for hydroxylation is 1. The largest absolute Gasteiger partial charge is 0.416 e. The maximum Gasteiger partial charge on any atom is 0.416 e. The number of aliphatic hydroxyl groups excluding tert-OH is 1. The molecule has 0 aliphatic carbocycles. The second kappa shape index (κ2) is 5.80. The SMILES string of the molecule is NCCCc1nc2cc(C(F)(F)F)ccc2n1CCO. The Balaban J connectivity index is 2.49. The number of halogens is 3. The van der Waals surface area contributed by atoms with Gasteiger partial charge in [-0.15, -0.1) is 0 Å². The molecule has 110 valence electrons. The van der Waals surface area contributed by atoms with E-state index >= 15 is 0 Å². The minimum Gasteiger partial charge on any atom is -0.395 e. The van der Waals surface area contributed by atoms with Gasteiger partial charge < -0.3 is 15.4 Å². The van der Waals surface area contributed by atoms with E-state index in [4.69, 9.17) is 10.8 Å². The Morgan fingerprint density at radius 2 is 2.05 bits per heavy atom. The number of aliphatic hydroxyl groups is 1. The van der Waals surface area contributed by atoms with Crippen LogP contribution < -0.4 is 5.73 Å². The van der Waals surface area contributed by atoms with Gasteiger partial charge in [-0.2, -0.15) is 13.2 Å². The molecule has 0 bridgehead atoms. The lowest BCUT2D eigenvalue weighted by Crippen LogP contribution is -2.09. The third-order valence-corrected chi connectivity index (χ3v) is 3.08. The highest BCUT2D eigenvalue weighted by molar-refractivity contribution is 5.77. The number of benzene rings is 1. The minimum absolute atomic E-state index is 0.0951. The third kappa shape index (κ3) is 2.94. The van der Waals surface area contributed by atoms with Crippen LogP contribution in [0.1, 0.15) is 17.8 Å². The number of aromatic nitrogens is 2. The van der Waals surface area contributed by atoms with Crippen LogP contribution in [0.25, 0.3) is 11.0 Å². The van der Waals surface area contributed by atoms with Gasteiger partial charge in [0.25, 0.3) is 0 Å². The summed E-state index contributed by atoms with van der Waals surface area (Å²) in [5.74, 6) is 0.652. The van der Waals surface area contributed by atoms with E-state index in [-0.39, 0.29) is 6.61 Å². The first-order valence-electron chi connectivity index (χ1n) is 6.34. The second-order valence-corrected chi connectivity index (χ2v) is 4.50. The zero-order valence-corrected chi connectivity index (χ0v) is 10.8. The predicted molar refractivity (Wildman–Crippen MR) is 69.2 cm³/mol. The lowest BCUT2D eigenvalue weighted by atomic mass is 10.2. The number of hydrogen-bond donors (Lipinski definition) is 2. The van der Waals surface area contributed by atoms with E-state index in [0.717, 1.165) is 12.1 Å². The number of alkyl halides is 3. The molecule has 0 aliphatic rings. The zero-order chi connectivity index (χ0) is 14.8. The number of fused-ring (bicyclic) bond motifs is 1. The maximum atomic E-state index is 12.7. The van der Waals surface area contributed by atoms with Crippen LogP contribution in [0.4, 0.5) is 13.2 Å². The van der Waals surface area contributed by atoms with Gasteiger partial charge in [-0.25, -0.2) is 4.98 Å². The first kappa shape index (κ1) is 14.8. The smallest absolute Gasteiger partial charge is 0.395 e. The van der Waals surface area contributed by atoms with Gasteiger partial charge in [0.2, 0.25) is 0 Å². The Bertz CT molecular complexity index is 592. The summed E-state index contributed by atoms with van der Waals surface area (Å²) in [5, 5.41) is 9.08. The molecule has 0 fully saturated rings. The van der Waals surface area contributed by atoms with E-state index in [1.807, 2.05) is 0 Å². The molecule has 2 aromatic rings. The molecule has 2 rings (SSSR count). The van der Waals surface area contributed by atoms with Gasteiger partial charge >= 0.3 is 6.18 Å². The van der Waals surface area contributed by atoms with Crippen molar-refractivity contribution >= 4 is 11.0 Å². The fourth-order valence-electron chi connectivity index (χ4n) is 2.16. The monoisotopic (exact) mass is 287 g/mol. The van der Waals surface area contributed by atoms with Gasteiger partial charge in [0, 0.05) is 13.0 Å². The first-order valence-corrected chi connectivity index (χ1v) is 6.34. The van der Waals surface area contributed by atoms with Crippen LogP contribution in [0.2, 0.25) is 0 Å². The van der Waals surface area contributed by atoms with Crippen molar-refractivity contribution in [3.63, 3.8) is 0 Å². The van der Waals surface area contributed by atoms with Crippen LogP contribution in [0.3, 0.4) is 0 Å². The molecule has 0 unspecified atom stereocenters. The highest BCUT2D eigenvalue weighted by atomic mass is 19.4. The fourth-order valence-corrected chi connectivity index (χ4v) is 2.16. The van der Waals surface area contributed by atoms with Gasteiger partial charge in [0.05, 0.1) is 23.2 Å². The summed E-state index contributed by atoms with van der Waals surface area (Å²) >= 11 is 0. The number of imidazole rings is 1. The van der Waals surface area contributed by atoms with E-state index in [0.29, 0.717) is 42.8 Å². The molecule has 3 N–H and O–H groups in total. The Labute approximate surface area is 114 Å². The summed E-state index contributed by atoms with van der Waals surface area (Å²) in [6.07, 6.45) is -3.11.